The summed E-state index contributed by atoms with van der Waals surface area (Å²) >= 11 is 0. The second-order valence-electron chi connectivity index (χ2n) is 7.17. The molecule has 4 rings (SSSR count). The van der Waals surface area contributed by atoms with E-state index in [1.165, 1.54) is 11.1 Å². The number of aryl methyl sites for hydroxylation is 1. The van der Waals surface area contributed by atoms with Gasteiger partial charge in [0.25, 0.3) is 0 Å². The molecule has 0 radical (unpaired) electrons. The van der Waals surface area contributed by atoms with Gasteiger partial charge in [0.2, 0.25) is 5.91 Å². The molecule has 0 bridgehead atoms. The molecule has 4 heteroatoms. The molecule has 2 aromatic rings. The van der Waals surface area contributed by atoms with Crippen molar-refractivity contribution in [2.45, 2.75) is 31.8 Å². The summed E-state index contributed by atoms with van der Waals surface area (Å²) in [5, 5.41) is 3.24. The fourth-order valence-electron chi connectivity index (χ4n) is 3.98. The molecule has 1 aromatic carbocycles. The second-order valence-corrected chi connectivity index (χ2v) is 7.17. The average molecular weight is 319 g/mol. The smallest absolute Gasteiger partial charge is 0.241 e. The van der Waals surface area contributed by atoms with Crippen molar-refractivity contribution in [1.29, 1.82) is 0 Å². The molecule has 1 atom stereocenters. The fraction of sp³-hybridized carbons (Fsp3) is 0.300. The van der Waals surface area contributed by atoms with E-state index in [0.29, 0.717) is 6.54 Å². The van der Waals surface area contributed by atoms with Crippen LogP contribution in [0.2, 0.25) is 0 Å². The Morgan fingerprint density at radius 2 is 2.12 bits per heavy atom. The maximum Gasteiger partial charge on any atom is 0.241 e. The van der Waals surface area contributed by atoms with Gasteiger partial charge in [-0.05, 0) is 36.3 Å². The van der Waals surface area contributed by atoms with Crippen molar-refractivity contribution in [1.82, 2.24) is 10.3 Å². The summed E-state index contributed by atoms with van der Waals surface area (Å²) in [5.41, 5.74) is 3.89. The SMILES string of the molecule is Cc1ccc2c(c1)C(C)(C)[C@@]1(/C=C/c3cccnc3)NC(=O)CN21. The first-order valence-corrected chi connectivity index (χ1v) is 8.23. The van der Waals surface area contributed by atoms with Gasteiger partial charge in [-0.25, -0.2) is 0 Å². The monoisotopic (exact) mass is 319 g/mol. The molecule has 3 heterocycles. The number of amides is 1. The van der Waals surface area contributed by atoms with E-state index < -0.39 is 5.66 Å². The molecular weight excluding hydrogens is 298 g/mol. The van der Waals surface area contributed by atoms with Crippen LogP contribution >= 0.6 is 0 Å². The number of anilines is 1. The number of hydrogen-bond donors (Lipinski definition) is 1. The number of pyridine rings is 1. The molecule has 0 saturated carbocycles. The van der Waals surface area contributed by atoms with Crippen molar-refractivity contribution in [3.8, 4) is 0 Å². The van der Waals surface area contributed by atoms with Gasteiger partial charge in [-0.3, -0.25) is 9.78 Å². The van der Waals surface area contributed by atoms with Crippen LogP contribution in [0, 0.1) is 6.92 Å². The maximum absolute atomic E-state index is 12.2. The molecular formula is C20H21N3O. The summed E-state index contributed by atoms with van der Waals surface area (Å²) < 4.78 is 0. The molecule has 1 amide bonds. The highest BCUT2D eigenvalue weighted by Gasteiger charge is 2.59. The lowest BCUT2D eigenvalue weighted by Crippen LogP contribution is -2.58. The summed E-state index contributed by atoms with van der Waals surface area (Å²) in [6.07, 6.45) is 7.75. The number of carbonyl (C=O) groups excluding carboxylic acids is 1. The lowest BCUT2D eigenvalue weighted by atomic mass is 9.75. The number of aromatic nitrogens is 1. The van der Waals surface area contributed by atoms with Crippen molar-refractivity contribution in [2.75, 3.05) is 11.4 Å². The minimum Gasteiger partial charge on any atom is -0.335 e. The molecule has 1 aromatic heterocycles. The van der Waals surface area contributed by atoms with Crippen LogP contribution in [-0.4, -0.2) is 23.1 Å². The van der Waals surface area contributed by atoms with E-state index in [1.54, 1.807) is 6.20 Å². The molecule has 2 aliphatic rings. The predicted octanol–water partition coefficient (Wildman–Crippen LogP) is 3.03. The Kier molecular flexibility index (Phi) is 3.07. The van der Waals surface area contributed by atoms with Gasteiger partial charge in [0.05, 0.1) is 6.54 Å². The third kappa shape index (κ3) is 1.92. The van der Waals surface area contributed by atoms with Gasteiger partial charge < -0.3 is 10.2 Å². The Bertz CT molecular complexity index is 841. The molecule has 0 spiro atoms. The Morgan fingerprint density at radius 1 is 1.29 bits per heavy atom. The van der Waals surface area contributed by atoms with Gasteiger partial charge in [0, 0.05) is 23.5 Å². The number of fused-ring (bicyclic) bond motifs is 3. The topological polar surface area (TPSA) is 45.2 Å². The van der Waals surface area contributed by atoms with E-state index in [2.05, 4.69) is 60.2 Å². The molecule has 1 saturated heterocycles. The molecule has 0 aliphatic carbocycles. The van der Waals surface area contributed by atoms with Crippen LogP contribution in [0.3, 0.4) is 0 Å². The zero-order chi connectivity index (χ0) is 16.9. The lowest BCUT2D eigenvalue weighted by molar-refractivity contribution is -0.118. The maximum atomic E-state index is 12.2. The Hall–Kier alpha value is -2.62. The molecule has 0 unspecified atom stereocenters. The van der Waals surface area contributed by atoms with Crippen LogP contribution in [0.4, 0.5) is 5.69 Å². The summed E-state index contributed by atoms with van der Waals surface area (Å²) in [6, 6.07) is 10.4. The number of nitrogens with one attached hydrogen (secondary N) is 1. The largest absolute Gasteiger partial charge is 0.335 e. The molecule has 24 heavy (non-hydrogen) atoms. The van der Waals surface area contributed by atoms with Crippen LogP contribution in [-0.2, 0) is 10.2 Å². The van der Waals surface area contributed by atoms with E-state index in [9.17, 15) is 4.79 Å². The quantitative estimate of drug-likeness (QED) is 0.925. The van der Waals surface area contributed by atoms with Crippen LogP contribution in [0.5, 0.6) is 0 Å². The van der Waals surface area contributed by atoms with Crippen LogP contribution in [0.1, 0.15) is 30.5 Å². The fourth-order valence-corrected chi connectivity index (χ4v) is 3.98. The first-order valence-electron chi connectivity index (χ1n) is 8.23. The minimum atomic E-state index is -0.546. The lowest BCUT2D eigenvalue weighted by Gasteiger charge is -2.40. The van der Waals surface area contributed by atoms with E-state index >= 15 is 0 Å². The van der Waals surface area contributed by atoms with Gasteiger partial charge in [0.1, 0.15) is 5.66 Å². The van der Waals surface area contributed by atoms with Gasteiger partial charge in [0.15, 0.2) is 0 Å². The van der Waals surface area contributed by atoms with Crippen LogP contribution in [0.15, 0.2) is 48.8 Å². The highest BCUT2D eigenvalue weighted by molar-refractivity contribution is 5.91. The van der Waals surface area contributed by atoms with E-state index in [1.807, 2.05) is 24.4 Å². The highest BCUT2D eigenvalue weighted by Crippen LogP contribution is 2.53. The Morgan fingerprint density at radius 3 is 2.88 bits per heavy atom. The van der Waals surface area contributed by atoms with Crippen molar-refractivity contribution in [3.05, 3.63) is 65.5 Å². The van der Waals surface area contributed by atoms with Crippen molar-refractivity contribution < 1.29 is 4.79 Å². The van der Waals surface area contributed by atoms with E-state index in [4.69, 9.17) is 0 Å². The molecule has 1 fully saturated rings. The van der Waals surface area contributed by atoms with Crippen LogP contribution in [0.25, 0.3) is 6.08 Å². The summed E-state index contributed by atoms with van der Waals surface area (Å²) in [5.74, 6) is 0.0603. The molecule has 1 N–H and O–H groups in total. The molecule has 2 aliphatic heterocycles. The summed E-state index contributed by atoms with van der Waals surface area (Å²) in [4.78, 5) is 18.6. The number of rotatable bonds is 2. The standard InChI is InChI=1S/C20H21N3O/c1-14-6-7-17-16(11-14)19(2,3)20(22-18(24)13-23(17)20)9-8-15-5-4-10-21-12-15/h4-12H,13H2,1-3H3,(H,22,24)/b9-8+/t20-/m0/s1. The minimum absolute atomic E-state index is 0.0603. The van der Waals surface area contributed by atoms with Crippen molar-refractivity contribution in [2.24, 2.45) is 0 Å². The van der Waals surface area contributed by atoms with Crippen molar-refractivity contribution >= 4 is 17.7 Å². The summed E-state index contributed by atoms with van der Waals surface area (Å²) in [7, 11) is 0. The van der Waals surface area contributed by atoms with Gasteiger partial charge in [-0.1, -0.05) is 43.7 Å². The second kappa shape index (κ2) is 4.94. The molecule has 122 valence electrons. The van der Waals surface area contributed by atoms with E-state index in [0.717, 1.165) is 11.3 Å². The third-order valence-corrected chi connectivity index (χ3v) is 5.33. The van der Waals surface area contributed by atoms with Gasteiger partial charge in [-0.2, -0.15) is 0 Å². The van der Waals surface area contributed by atoms with Gasteiger partial charge in [-0.15, -0.1) is 0 Å². The highest BCUT2D eigenvalue weighted by atomic mass is 16.2. The normalized spacial score (nSPS) is 24.1. The number of carbonyl (C=O) groups is 1. The Labute approximate surface area is 142 Å². The number of hydrogen-bond acceptors (Lipinski definition) is 3. The van der Waals surface area contributed by atoms with Gasteiger partial charge >= 0.3 is 0 Å². The summed E-state index contributed by atoms with van der Waals surface area (Å²) in [6.45, 7) is 6.89. The number of nitrogens with zero attached hydrogens (tertiary/aromatic N) is 2. The first-order chi connectivity index (χ1) is 11.4. The zero-order valence-corrected chi connectivity index (χ0v) is 14.2. The first kappa shape index (κ1) is 14.9. The zero-order valence-electron chi connectivity index (χ0n) is 14.2. The molecule has 4 nitrogen and oxygen atoms in total. The van der Waals surface area contributed by atoms with E-state index in [-0.39, 0.29) is 11.3 Å². The predicted molar refractivity (Wildman–Crippen MR) is 95.7 cm³/mol. The third-order valence-electron chi connectivity index (χ3n) is 5.33. The number of benzene rings is 1. The Balaban J connectivity index is 1.86. The van der Waals surface area contributed by atoms with Crippen LogP contribution < -0.4 is 10.2 Å². The van der Waals surface area contributed by atoms with Crippen molar-refractivity contribution in [3.63, 3.8) is 0 Å². The average Bonchev–Trinajstić information content (AvgIpc) is 2.98.